The normalized spacial score (nSPS) is 25.8. The van der Waals surface area contributed by atoms with Crippen LogP contribution in [-0.2, 0) is 14.8 Å². The van der Waals surface area contributed by atoms with Gasteiger partial charge in [-0.25, -0.2) is 18.4 Å². The predicted octanol–water partition coefficient (Wildman–Crippen LogP) is 5.86. The summed E-state index contributed by atoms with van der Waals surface area (Å²) in [7, 11) is -2.46. The van der Waals surface area contributed by atoms with Gasteiger partial charge in [-0.1, -0.05) is 17.7 Å². The van der Waals surface area contributed by atoms with Gasteiger partial charge in [-0.3, -0.25) is 14.9 Å². The van der Waals surface area contributed by atoms with E-state index in [-0.39, 0.29) is 40.8 Å². The Morgan fingerprint density at radius 1 is 1.15 bits per heavy atom. The molecule has 4 heterocycles. The monoisotopic (exact) mass is 679 g/mol. The highest BCUT2D eigenvalue weighted by atomic mass is 35.5. The molecule has 1 amide bonds. The Labute approximate surface area is 274 Å². The lowest BCUT2D eigenvalue weighted by molar-refractivity contribution is -0.384. The highest BCUT2D eigenvalue weighted by molar-refractivity contribution is 7.89. The van der Waals surface area contributed by atoms with E-state index >= 15 is 0 Å². The lowest BCUT2D eigenvalue weighted by atomic mass is 9.87. The molecule has 7 rings (SSSR count). The molecule has 2 aromatic heterocycles. The second kappa shape index (κ2) is 11.2. The van der Waals surface area contributed by atoms with Crippen LogP contribution in [-0.4, -0.2) is 69.4 Å². The number of aryl methyl sites for hydroxylation is 1. The van der Waals surface area contributed by atoms with E-state index in [1.54, 1.807) is 35.4 Å². The van der Waals surface area contributed by atoms with Crippen molar-refractivity contribution in [1.82, 2.24) is 19.2 Å². The maximum atomic E-state index is 13.7. The summed E-state index contributed by atoms with van der Waals surface area (Å²) in [6.07, 6.45) is 2.89. The number of aldehydes is 1. The van der Waals surface area contributed by atoms with Crippen LogP contribution in [0.1, 0.15) is 71.4 Å². The number of nitro benzene ring substituents is 1. The summed E-state index contributed by atoms with van der Waals surface area (Å²) in [5, 5.41) is 14.7. The van der Waals surface area contributed by atoms with Crippen LogP contribution in [0, 0.1) is 17.0 Å². The number of amides is 1. The van der Waals surface area contributed by atoms with E-state index in [1.165, 1.54) is 16.4 Å². The van der Waals surface area contributed by atoms with Crippen molar-refractivity contribution in [2.45, 2.75) is 73.4 Å². The van der Waals surface area contributed by atoms with Gasteiger partial charge in [0.05, 0.1) is 21.1 Å². The molecule has 46 heavy (non-hydrogen) atoms. The molecule has 0 radical (unpaired) electrons. The van der Waals surface area contributed by atoms with Gasteiger partial charge in [-0.2, -0.15) is 4.31 Å². The Balaban J connectivity index is 1.08. The number of rotatable bonds is 8. The second-order valence-corrected chi connectivity index (χ2v) is 15.6. The number of halogens is 1. The van der Waals surface area contributed by atoms with E-state index in [0.29, 0.717) is 36.1 Å². The first-order valence-corrected chi connectivity index (χ1v) is 17.7. The van der Waals surface area contributed by atoms with E-state index in [1.807, 2.05) is 18.4 Å². The molecular weight excluding hydrogens is 650 g/mol. The minimum absolute atomic E-state index is 0.110. The first kappa shape index (κ1) is 30.9. The molecular formula is C32H30ClN5O6S2. The van der Waals surface area contributed by atoms with E-state index < -0.39 is 26.5 Å². The molecule has 11 nitrogen and oxygen atoms in total. The number of carbonyl (C=O) groups is 2. The summed E-state index contributed by atoms with van der Waals surface area (Å²) in [6.45, 7) is 1.90. The molecule has 4 aromatic rings. The van der Waals surface area contributed by atoms with Gasteiger partial charge in [0.2, 0.25) is 10.0 Å². The maximum absolute atomic E-state index is 13.7. The van der Waals surface area contributed by atoms with Gasteiger partial charge in [0.25, 0.3) is 11.6 Å². The molecule has 1 aliphatic carbocycles. The summed E-state index contributed by atoms with van der Waals surface area (Å²) < 4.78 is 28.7. The van der Waals surface area contributed by atoms with Crippen LogP contribution >= 0.6 is 22.9 Å². The molecule has 14 heteroatoms. The Hall–Kier alpha value is -3.78. The second-order valence-electron chi connectivity index (χ2n) is 12.5. The SMILES string of the molecule is Cc1nc(C2CC2c2ccc(C(=O)N(C)[C@H]3C[C@@H]4CC[C@](C=O)(C3)N4S(=O)(=O)c3ccc([N+](=O)[O-])cc3)cc2Cl)c2ccsc2n1. The standard InChI is InChI=1S/C32H30ClN5O6S2/c1-18-34-29(25-10-12-45-30(25)35-18)27-15-26(27)24-8-3-19(13-28(24)33)31(40)36(2)22-14-21-9-11-32(16-22,17-39)37(21)46(43,44)23-6-4-20(5-7-23)38(41)42/h3-8,10,12-13,17,21-22,26-27H,9,11,14-16H2,1-2H3/t21-,22-,26?,27?,32+/m0/s1. The quantitative estimate of drug-likeness (QED) is 0.128. The Kier molecular flexibility index (Phi) is 7.50. The number of nitro groups is 1. The van der Waals surface area contributed by atoms with E-state index in [2.05, 4.69) is 11.1 Å². The molecule has 3 aliphatic rings. The predicted molar refractivity (Wildman–Crippen MR) is 173 cm³/mol. The van der Waals surface area contributed by atoms with Gasteiger partial charge >= 0.3 is 0 Å². The number of benzene rings is 2. The van der Waals surface area contributed by atoms with Gasteiger partial charge in [-0.05, 0) is 86.2 Å². The topological polar surface area (TPSA) is 144 Å². The van der Waals surface area contributed by atoms with Crippen molar-refractivity contribution in [2.24, 2.45) is 0 Å². The van der Waals surface area contributed by atoms with Crippen LogP contribution in [0.4, 0.5) is 5.69 Å². The number of piperidine rings is 1. The van der Waals surface area contributed by atoms with Crippen molar-refractivity contribution in [2.75, 3.05) is 7.05 Å². The van der Waals surface area contributed by atoms with Gasteiger partial charge < -0.3 is 9.69 Å². The van der Waals surface area contributed by atoms with Crippen LogP contribution < -0.4 is 0 Å². The number of thiophene rings is 1. The molecule has 2 aliphatic heterocycles. The summed E-state index contributed by atoms with van der Waals surface area (Å²) in [5.41, 5.74) is 0.869. The number of hydrogen-bond donors (Lipinski definition) is 0. The number of aromatic nitrogens is 2. The van der Waals surface area contributed by atoms with Crippen molar-refractivity contribution < 1.29 is 22.9 Å². The van der Waals surface area contributed by atoms with Crippen LogP contribution in [0.5, 0.6) is 0 Å². The molecule has 0 spiro atoms. The Morgan fingerprint density at radius 2 is 1.91 bits per heavy atom. The first-order valence-electron chi connectivity index (χ1n) is 15.0. The van der Waals surface area contributed by atoms with Gasteiger partial charge in [0, 0.05) is 53.2 Å². The average molecular weight is 680 g/mol. The number of carbonyl (C=O) groups excluding carboxylic acids is 2. The largest absolute Gasteiger partial charge is 0.339 e. The van der Waals surface area contributed by atoms with Crippen molar-refractivity contribution in [3.8, 4) is 0 Å². The van der Waals surface area contributed by atoms with Gasteiger partial charge in [0.15, 0.2) is 0 Å². The summed E-state index contributed by atoms with van der Waals surface area (Å²) in [6, 6.07) is 11.2. The summed E-state index contributed by atoms with van der Waals surface area (Å²) >= 11 is 8.37. The molecule has 0 N–H and O–H groups in total. The molecule has 2 aromatic carbocycles. The number of sulfonamides is 1. The highest BCUT2D eigenvalue weighted by Gasteiger charge is 2.58. The highest BCUT2D eigenvalue weighted by Crippen LogP contribution is 2.57. The van der Waals surface area contributed by atoms with Crippen molar-refractivity contribution in [3.05, 3.63) is 91.7 Å². The third-order valence-electron chi connectivity index (χ3n) is 9.76. The van der Waals surface area contributed by atoms with Crippen LogP contribution in [0.15, 0.2) is 58.8 Å². The third-order valence-corrected chi connectivity index (χ3v) is 12.9. The molecule has 2 unspecified atom stereocenters. The summed E-state index contributed by atoms with van der Waals surface area (Å²) in [4.78, 5) is 48.5. The average Bonchev–Trinajstić information content (AvgIpc) is 3.60. The Morgan fingerprint density at radius 3 is 2.61 bits per heavy atom. The number of nitrogens with zero attached hydrogens (tertiary/aromatic N) is 5. The number of non-ortho nitro benzene ring substituents is 1. The van der Waals surface area contributed by atoms with Crippen molar-refractivity contribution in [1.29, 1.82) is 0 Å². The molecule has 3 fully saturated rings. The lowest BCUT2D eigenvalue weighted by Gasteiger charge is -2.45. The van der Waals surface area contributed by atoms with Crippen molar-refractivity contribution >= 4 is 61.1 Å². The number of fused-ring (bicyclic) bond motifs is 3. The maximum Gasteiger partial charge on any atom is 0.269 e. The zero-order valence-electron chi connectivity index (χ0n) is 25.0. The third kappa shape index (κ3) is 5.00. The molecule has 238 valence electrons. The zero-order chi connectivity index (χ0) is 32.5. The van der Waals surface area contributed by atoms with Crippen LogP contribution in [0.2, 0.25) is 5.02 Å². The van der Waals surface area contributed by atoms with E-state index in [0.717, 1.165) is 45.9 Å². The minimum Gasteiger partial charge on any atom is -0.339 e. The molecule has 1 saturated carbocycles. The molecule has 5 atom stereocenters. The van der Waals surface area contributed by atoms with Crippen LogP contribution in [0.3, 0.4) is 0 Å². The van der Waals surface area contributed by atoms with E-state index in [4.69, 9.17) is 16.6 Å². The number of hydrogen-bond acceptors (Lipinski definition) is 9. The van der Waals surface area contributed by atoms with E-state index in [9.17, 15) is 28.1 Å². The van der Waals surface area contributed by atoms with Gasteiger partial charge in [0.1, 0.15) is 16.9 Å². The van der Waals surface area contributed by atoms with Crippen LogP contribution in [0.25, 0.3) is 10.2 Å². The zero-order valence-corrected chi connectivity index (χ0v) is 27.4. The molecule has 2 bridgehead atoms. The first-order chi connectivity index (χ1) is 21.9. The van der Waals surface area contributed by atoms with Gasteiger partial charge in [-0.15, -0.1) is 11.3 Å². The fraction of sp³-hybridized carbons (Fsp3) is 0.375. The Bertz CT molecular complexity index is 2020. The molecule has 2 saturated heterocycles. The minimum atomic E-state index is -4.13. The summed E-state index contributed by atoms with van der Waals surface area (Å²) in [5.74, 6) is 0.898. The fourth-order valence-electron chi connectivity index (χ4n) is 7.40. The lowest BCUT2D eigenvalue weighted by Crippen LogP contribution is -2.60. The van der Waals surface area contributed by atoms with Crippen molar-refractivity contribution in [3.63, 3.8) is 0 Å². The fourth-order valence-corrected chi connectivity index (χ4v) is 10.5. The smallest absolute Gasteiger partial charge is 0.269 e.